The van der Waals surface area contributed by atoms with Crippen LogP contribution in [0.2, 0.25) is 10.0 Å². The highest BCUT2D eigenvalue weighted by molar-refractivity contribution is 6.36. The highest BCUT2D eigenvalue weighted by atomic mass is 35.5. The molecule has 0 fully saturated rings. The molecular formula is C22H19Cl2N3O3. The van der Waals surface area contributed by atoms with Crippen molar-refractivity contribution in [1.29, 1.82) is 0 Å². The maximum absolute atomic E-state index is 12.3. The molecule has 0 aliphatic heterocycles. The quantitative estimate of drug-likeness (QED) is 0.344. The molecular weight excluding hydrogens is 425 g/mol. The minimum Gasteiger partial charge on any atom is -0.465 e. The predicted molar refractivity (Wildman–Crippen MR) is 118 cm³/mol. The van der Waals surface area contributed by atoms with Gasteiger partial charge >= 0.3 is 5.97 Å². The normalized spacial score (nSPS) is 11.0. The van der Waals surface area contributed by atoms with Gasteiger partial charge in [-0.05, 0) is 62.4 Å². The number of hydrogen-bond donors (Lipinski definition) is 1. The summed E-state index contributed by atoms with van der Waals surface area (Å²) in [6.45, 7) is 3.91. The van der Waals surface area contributed by atoms with Gasteiger partial charge in [-0.25, -0.2) is 10.2 Å². The molecule has 0 radical (unpaired) electrons. The second-order valence-electron chi connectivity index (χ2n) is 6.52. The highest BCUT2D eigenvalue weighted by Crippen LogP contribution is 2.22. The van der Waals surface area contributed by atoms with Crippen molar-refractivity contribution in [1.82, 2.24) is 9.99 Å². The molecule has 1 heterocycles. The van der Waals surface area contributed by atoms with E-state index in [1.807, 2.05) is 36.6 Å². The fraction of sp³-hybridized carbons (Fsp3) is 0.136. The maximum Gasteiger partial charge on any atom is 0.337 e. The van der Waals surface area contributed by atoms with Crippen LogP contribution in [0.15, 0.2) is 53.6 Å². The summed E-state index contributed by atoms with van der Waals surface area (Å²) < 4.78 is 6.76. The van der Waals surface area contributed by atoms with Crippen LogP contribution in [0.1, 0.15) is 37.7 Å². The van der Waals surface area contributed by atoms with E-state index in [1.165, 1.54) is 13.2 Å². The predicted octanol–water partition coefficient (Wildman–Crippen LogP) is 4.95. The molecule has 6 nitrogen and oxygen atoms in total. The summed E-state index contributed by atoms with van der Waals surface area (Å²) in [5, 5.41) is 4.75. The third-order valence-electron chi connectivity index (χ3n) is 4.56. The van der Waals surface area contributed by atoms with Crippen LogP contribution in [0.4, 0.5) is 0 Å². The van der Waals surface area contributed by atoms with E-state index in [1.54, 1.807) is 30.5 Å². The molecule has 3 rings (SSSR count). The minimum absolute atomic E-state index is 0.253. The number of esters is 1. The van der Waals surface area contributed by atoms with Crippen molar-refractivity contribution in [2.75, 3.05) is 7.11 Å². The van der Waals surface area contributed by atoms with Crippen molar-refractivity contribution in [3.05, 3.63) is 86.7 Å². The van der Waals surface area contributed by atoms with Gasteiger partial charge in [-0.2, -0.15) is 5.10 Å². The fourth-order valence-electron chi connectivity index (χ4n) is 3.07. The molecule has 1 aromatic heterocycles. The van der Waals surface area contributed by atoms with Gasteiger partial charge in [-0.1, -0.05) is 23.2 Å². The summed E-state index contributed by atoms with van der Waals surface area (Å²) in [6, 6.07) is 13.7. The topological polar surface area (TPSA) is 72.7 Å². The number of carbonyl (C=O) groups excluding carboxylic acids is 2. The molecule has 2 aromatic carbocycles. The number of nitrogens with zero attached hydrogens (tertiary/aromatic N) is 2. The summed E-state index contributed by atoms with van der Waals surface area (Å²) in [7, 11) is 1.35. The number of aryl methyl sites for hydroxylation is 1. The highest BCUT2D eigenvalue weighted by Gasteiger charge is 2.12. The molecule has 0 spiro atoms. The van der Waals surface area contributed by atoms with Crippen molar-refractivity contribution in [3.8, 4) is 5.69 Å². The van der Waals surface area contributed by atoms with Gasteiger partial charge in [0.05, 0.1) is 29.5 Å². The summed E-state index contributed by atoms with van der Waals surface area (Å²) in [5.74, 6) is -0.813. The van der Waals surface area contributed by atoms with Gasteiger partial charge in [0.25, 0.3) is 5.91 Å². The van der Waals surface area contributed by atoms with Crippen LogP contribution in [-0.4, -0.2) is 29.8 Å². The Hall–Kier alpha value is -3.09. The van der Waals surface area contributed by atoms with Crippen molar-refractivity contribution < 1.29 is 14.3 Å². The Kier molecular flexibility index (Phi) is 6.59. The molecule has 0 atom stereocenters. The molecule has 0 saturated carbocycles. The zero-order chi connectivity index (χ0) is 21.8. The smallest absolute Gasteiger partial charge is 0.337 e. The van der Waals surface area contributed by atoms with E-state index in [2.05, 4.69) is 10.5 Å². The minimum atomic E-state index is -0.430. The Morgan fingerprint density at radius 1 is 1.07 bits per heavy atom. The number of amides is 1. The van der Waals surface area contributed by atoms with Crippen LogP contribution in [0, 0.1) is 13.8 Å². The van der Waals surface area contributed by atoms with E-state index in [0.717, 1.165) is 22.6 Å². The molecule has 0 bridgehead atoms. The Bertz CT molecular complexity index is 1140. The number of aromatic nitrogens is 1. The zero-order valence-corrected chi connectivity index (χ0v) is 18.1. The Balaban J connectivity index is 1.78. The molecule has 1 N–H and O–H groups in total. The van der Waals surface area contributed by atoms with Gasteiger partial charge in [-0.15, -0.1) is 0 Å². The van der Waals surface area contributed by atoms with Crippen molar-refractivity contribution in [2.45, 2.75) is 13.8 Å². The molecule has 0 saturated heterocycles. The third kappa shape index (κ3) is 4.56. The van der Waals surface area contributed by atoms with Crippen LogP contribution in [0.25, 0.3) is 5.69 Å². The molecule has 154 valence electrons. The monoisotopic (exact) mass is 443 g/mol. The molecule has 0 aliphatic carbocycles. The number of methoxy groups -OCH3 is 1. The number of rotatable bonds is 5. The zero-order valence-electron chi connectivity index (χ0n) is 16.6. The molecule has 3 aromatic rings. The van der Waals surface area contributed by atoms with Crippen LogP contribution >= 0.6 is 23.2 Å². The van der Waals surface area contributed by atoms with Crippen molar-refractivity contribution in [2.24, 2.45) is 5.10 Å². The van der Waals surface area contributed by atoms with E-state index in [-0.39, 0.29) is 16.6 Å². The SMILES string of the molecule is COC(=O)c1ccc(-n2c(C)cc(/C=N\NC(=O)c3ccc(Cl)cc3Cl)c2C)cc1. The van der Waals surface area contributed by atoms with Gasteiger partial charge in [-0.3, -0.25) is 4.79 Å². The van der Waals surface area contributed by atoms with Gasteiger partial charge in [0.1, 0.15) is 0 Å². The first kappa shape index (κ1) is 21.6. The number of hydrogen-bond acceptors (Lipinski definition) is 4. The lowest BCUT2D eigenvalue weighted by atomic mass is 10.2. The first-order chi connectivity index (χ1) is 14.3. The van der Waals surface area contributed by atoms with Gasteiger partial charge < -0.3 is 9.30 Å². The lowest BCUT2D eigenvalue weighted by Gasteiger charge is -2.10. The second-order valence-corrected chi connectivity index (χ2v) is 7.37. The Morgan fingerprint density at radius 3 is 2.40 bits per heavy atom. The average molecular weight is 444 g/mol. The molecule has 1 amide bonds. The number of ether oxygens (including phenoxy) is 1. The van der Waals surface area contributed by atoms with E-state index >= 15 is 0 Å². The molecule has 30 heavy (non-hydrogen) atoms. The maximum atomic E-state index is 12.3. The van der Waals surface area contributed by atoms with Crippen LogP contribution < -0.4 is 5.43 Å². The third-order valence-corrected chi connectivity index (χ3v) is 5.11. The van der Waals surface area contributed by atoms with E-state index in [0.29, 0.717) is 10.6 Å². The van der Waals surface area contributed by atoms with Crippen LogP contribution in [-0.2, 0) is 4.74 Å². The summed E-state index contributed by atoms with van der Waals surface area (Å²) >= 11 is 11.9. The number of halogens is 2. The number of carbonyl (C=O) groups is 2. The van der Waals surface area contributed by atoms with E-state index in [9.17, 15) is 9.59 Å². The van der Waals surface area contributed by atoms with Crippen molar-refractivity contribution >= 4 is 41.3 Å². The molecule has 0 unspecified atom stereocenters. The largest absolute Gasteiger partial charge is 0.465 e. The number of nitrogens with one attached hydrogen (secondary N) is 1. The first-order valence-corrected chi connectivity index (χ1v) is 9.73. The Labute approximate surface area is 184 Å². The summed E-state index contributed by atoms with van der Waals surface area (Å²) in [4.78, 5) is 23.9. The number of hydrazone groups is 1. The van der Waals surface area contributed by atoms with Crippen LogP contribution in [0.3, 0.4) is 0 Å². The molecule has 0 aliphatic rings. The number of benzene rings is 2. The van der Waals surface area contributed by atoms with Gasteiger partial charge in [0, 0.05) is 27.7 Å². The standard InChI is InChI=1S/C22H19Cl2N3O3/c1-13-10-16(12-25-26-21(28)19-9-6-17(23)11-20(19)24)14(2)27(13)18-7-4-15(5-8-18)22(29)30-3/h4-12H,1-3H3,(H,26,28)/b25-12-. The van der Waals surface area contributed by atoms with Gasteiger partial charge in [0.15, 0.2) is 0 Å². The van der Waals surface area contributed by atoms with Gasteiger partial charge in [0.2, 0.25) is 0 Å². The second kappa shape index (κ2) is 9.15. The Morgan fingerprint density at radius 2 is 1.77 bits per heavy atom. The van der Waals surface area contributed by atoms with E-state index in [4.69, 9.17) is 27.9 Å². The van der Waals surface area contributed by atoms with E-state index < -0.39 is 5.91 Å². The summed E-state index contributed by atoms with van der Waals surface area (Å²) in [5.41, 5.74) is 6.89. The fourth-order valence-corrected chi connectivity index (χ4v) is 3.57. The average Bonchev–Trinajstić information content (AvgIpc) is 3.00. The lowest BCUT2D eigenvalue weighted by Crippen LogP contribution is -2.18. The lowest BCUT2D eigenvalue weighted by molar-refractivity contribution is 0.0600. The van der Waals surface area contributed by atoms with Crippen molar-refractivity contribution in [3.63, 3.8) is 0 Å². The first-order valence-electron chi connectivity index (χ1n) is 8.98. The summed E-state index contributed by atoms with van der Waals surface area (Å²) in [6.07, 6.45) is 1.57. The molecule has 8 heteroatoms. The van der Waals surface area contributed by atoms with Crippen LogP contribution in [0.5, 0.6) is 0 Å².